The van der Waals surface area contributed by atoms with Crippen molar-refractivity contribution in [3.8, 4) is 0 Å². The highest BCUT2D eigenvalue weighted by Gasteiger charge is 2.15. The summed E-state index contributed by atoms with van der Waals surface area (Å²) in [6.45, 7) is 2.78. The van der Waals surface area contributed by atoms with Gasteiger partial charge in [0.2, 0.25) is 0 Å². The minimum atomic E-state index is -0.226. The lowest BCUT2D eigenvalue weighted by atomic mass is 10.2. The van der Waals surface area contributed by atoms with E-state index in [1.807, 2.05) is 12.3 Å². The van der Waals surface area contributed by atoms with Crippen molar-refractivity contribution in [1.29, 1.82) is 0 Å². The normalized spacial score (nSPS) is 13.0. The minimum absolute atomic E-state index is 0.226. The van der Waals surface area contributed by atoms with Crippen LogP contribution in [0.15, 0.2) is 17.1 Å². The summed E-state index contributed by atoms with van der Waals surface area (Å²) >= 11 is 1.54. The number of aryl methyl sites for hydroxylation is 1. The maximum atomic E-state index is 6.02. The molecule has 2 aromatic rings. The van der Waals surface area contributed by atoms with Crippen LogP contribution in [0, 0.1) is 0 Å². The lowest BCUT2D eigenvalue weighted by Gasteiger charge is -2.09. The molecule has 1 unspecified atom stereocenters. The Bertz CT molecular complexity index is 394. The molecular weight excluding hydrogens is 198 g/mol. The van der Waals surface area contributed by atoms with Gasteiger partial charge in [0.15, 0.2) is 0 Å². The molecule has 0 aliphatic carbocycles. The Hall–Kier alpha value is -1.27. The average Bonchev–Trinajstić information content (AvgIpc) is 2.87. The molecule has 0 aliphatic heterocycles. The van der Waals surface area contributed by atoms with Crippen molar-refractivity contribution < 1.29 is 0 Å². The number of thiazole rings is 1. The van der Waals surface area contributed by atoms with Gasteiger partial charge in [-0.3, -0.25) is 0 Å². The van der Waals surface area contributed by atoms with Crippen LogP contribution in [0.25, 0.3) is 0 Å². The molecule has 0 amide bonds. The van der Waals surface area contributed by atoms with E-state index in [0.29, 0.717) is 0 Å². The summed E-state index contributed by atoms with van der Waals surface area (Å²) in [5.41, 5.74) is 9.57. The SMILES string of the molecule is CCn1nncc1C(N)c1cscn1. The second-order valence-electron chi connectivity index (χ2n) is 2.87. The number of hydrogen-bond donors (Lipinski definition) is 1. The molecule has 0 aliphatic rings. The first-order chi connectivity index (χ1) is 6.83. The zero-order chi connectivity index (χ0) is 9.97. The standard InChI is InChI=1S/C8H11N5S/c1-2-13-7(3-11-12-13)8(9)6-4-14-5-10-6/h3-5,8H,2,9H2,1H3. The first-order valence-electron chi connectivity index (χ1n) is 4.35. The molecule has 5 nitrogen and oxygen atoms in total. The lowest BCUT2D eigenvalue weighted by Crippen LogP contribution is -2.17. The van der Waals surface area contributed by atoms with Crippen molar-refractivity contribution in [2.75, 3.05) is 0 Å². The van der Waals surface area contributed by atoms with E-state index < -0.39 is 0 Å². The second kappa shape index (κ2) is 3.85. The molecule has 14 heavy (non-hydrogen) atoms. The molecular formula is C8H11N5S. The molecule has 0 saturated carbocycles. The van der Waals surface area contributed by atoms with E-state index >= 15 is 0 Å². The van der Waals surface area contributed by atoms with E-state index in [-0.39, 0.29) is 6.04 Å². The number of nitrogens with two attached hydrogens (primary N) is 1. The van der Waals surface area contributed by atoms with E-state index in [9.17, 15) is 0 Å². The van der Waals surface area contributed by atoms with Crippen LogP contribution in [0.1, 0.15) is 24.4 Å². The van der Waals surface area contributed by atoms with Crippen molar-refractivity contribution in [3.05, 3.63) is 28.5 Å². The van der Waals surface area contributed by atoms with E-state index in [4.69, 9.17) is 5.73 Å². The van der Waals surface area contributed by atoms with Crippen LogP contribution in [-0.2, 0) is 6.54 Å². The molecule has 0 bridgehead atoms. The molecule has 1 atom stereocenters. The average molecular weight is 209 g/mol. The monoisotopic (exact) mass is 209 g/mol. The first-order valence-corrected chi connectivity index (χ1v) is 5.29. The molecule has 0 radical (unpaired) electrons. The van der Waals surface area contributed by atoms with Gasteiger partial charge in [-0.25, -0.2) is 9.67 Å². The highest BCUT2D eigenvalue weighted by atomic mass is 32.1. The molecule has 2 rings (SSSR count). The molecule has 6 heteroatoms. The van der Waals surface area contributed by atoms with E-state index in [1.54, 1.807) is 16.4 Å². The van der Waals surface area contributed by atoms with Crippen LogP contribution >= 0.6 is 11.3 Å². The maximum Gasteiger partial charge on any atom is 0.0922 e. The van der Waals surface area contributed by atoms with Gasteiger partial charge in [0.25, 0.3) is 0 Å². The third kappa shape index (κ3) is 1.53. The van der Waals surface area contributed by atoms with Gasteiger partial charge in [0.1, 0.15) is 0 Å². The minimum Gasteiger partial charge on any atom is -0.318 e. The van der Waals surface area contributed by atoms with Gasteiger partial charge in [-0.2, -0.15) is 0 Å². The Morgan fingerprint density at radius 2 is 2.50 bits per heavy atom. The zero-order valence-electron chi connectivity index (χ0n) is 7.79. The number of hydrogen-bond acceptors (Lipinski definition) is 5. The molecule has 0 spiro atoms. The third-order valence-electron chi connectivity index (χ3n) is 2.04. The predicted octanol–water partition coefficient (Wildman–Crippen LogP) is 0.803. The largest absolute Gasteiger partial charge is 0.318 e. The van der Waals surface area contributed by atoms with Crippen LogP contribution in [0.3, 0.4) is 0 Å². The Kier molecular flexibility index (Phi) is 2.55. The van der Waals surface area contributed by atoms with Gasteiger partial charge in [0, 0.05) is 11.9 Å². The Balaban J connectivity index is 2.31. The van der Waals surface area contributed by atoms with Crippen LogP contribution in [0.4, 0.5) is 0 Å². The summed E-state index contributed by atoms with van der Waals surface area (Å²) in [6.07, 6.45) is 1.69. The quantitative estimate of drug-likeness (QED) is 0.811. The van der Waals surface area contributed by atoms with E-state index in [1.165, 1.54) is 11.3 Å². The van der Waals surface area contributed by atoms with Crippen LogP contribution in [-0.4, -0.2) is 20.0 Å². The van der Waals surface area contributed by atoms with Crippen molar-refractivity contribution >= 4 is 11.3 Å². The molecule has 2 heterocycles. The fourth-order valence-electron chi connectivity index (χ4n) is 1.28. The molecule has 0 saturated heterocycles. The molecule has 74 valence electrons. The highest BCUT2D eigenvalue weighted by Crippen LogP contribution is 2.17. The van der Waals surface area contributed by atoms with E-state index in [2.05, 4.69) is 15.3 Å². The summed E-state index contributed by atoms with van der Waals surface area (Å²) in [6, 6.07) is -0.226. The van der Waals surface area contributed by atoms with Gasteiger partial charge < -0.3 is 5.73 Å². The zero-order valence-corrected chi connectivity index (χ0v) is 8.61. The molecule has 2 N–H and O–H groups in total. The Morgan fingerprint density at radius 1 is 1.64 bits per heavy atom. The highest BCUT2D eigenvalue weighted by molar-refractivity contribution is 7.07. The smallest absolute Gasteiger partial charge is 0.0922 e. The molecule has 2 aromatic heterocycles. The van der Waals surface area contributed by atoms with Crippen molar-refractivity contribution in [3.63, 3.8) is 0 Å². The topological polar surface area (TPSA) is 69.6 Å². The van der Waals surface area contributed by atoms with Gasteiger partial charge in [-0.1, -0.05) is 5.21 Å². The second-order valence-corrected chi connectivity index (χ2v) is 3.58. The maximum absolute atomic E-state index is 6.02. The van der Waals surface area contributed by atoms with Crippen molar-refractivity contribution in [2.24, 2.45) is 5.73 Å². The van der Waals surface area contributed by atoms with Crippen LogP contribution in [0.5, 0.6) is 0 Å². The van der Waals surface area contributed by atoms with E-state index in [0.717, 1.165) is 17.9 Å². The van der Waals surface area contributed by atoms with Gasteiger partial charge in [0.05, 0.1) is 29.1 Å². The van der Waals surface area contributed by atoms with Gasteiger partial charge in [-0.05, 0) is 6.92 Å². The fourth-order valence-corrected chi connectivity index (χ4v) is 1.87. The van der Waals surface area contributed by atoms with Crippen LogP contribution < -0.4 is 5.73 Å². The fraction of sp³-hybridized carbons (Fsp3) is 0.375. The van der Waals surface area contributed by atoms with Crippen molar-refractivity contribution in [2.45, 2.75) is 19.5 Å². The summed E-state index contributed by atoms with van der Waals surface area (Å²) in [5, 5.41) is 9.70. The number of aromatic nitrogens is 4. The summed E-state index contributed by atoms with van der Waals surface area (Å²) in [5.74, 6) is 0. The van der Waals surface area contributed by atoms with Gasteiger partial charge >= 0.3 is 0 Å². The first kappa shape index (κ1) is 9.29. The Morgan fingerprint density at radius 3 is 3.14 bits per heavy atom. The summed E-state index contributed by atoms with van der Waals surface area (Å²) in [7, 11) is 0. The van der Waals surface area contributed by atoms with Gasteiger partial charge in [-0.15, -0.1) is 16.4 Å². The molecule has 0 aromatic carbocycles. The van der Waals surface area contributed by atoms with Crippen molar-refractivity contribution in [1.82, 2.24) is 20.0 Å². The predicted molar refractivity (Wildman–Crippen MR) is 53.8 cm³/mol. The Labute approximate surface area is 85.6 Å². The number of rotatable bonds is 3. The number of nitrogens with zero attached hydrogens (tertiary/aromatic N) is 4. The molecule has 0 fully saturated rings. The summed E-state index contributed by atoms with van der Waals surface area (Å²) < 4.78 is 1.78. The van der Waals surface area contributed by atoms with Crippen LogP contribution in [0.2, 0.25) is 0 Å². The summed E-state index contributed by atoms with van der Waals surface area (Å²) in [4.78, 5) is 4.17. The third-order valence-corrected chi connectivity index (χ3v) is 2.64. The lowest BCUT2D eigenvalue weighted by molar-refractivity contribution is 0.579.